The van der Waals surface area contributed by atoms with Crippen LogP contribution in [0, 0.1) is 29.6 Å². The smallest absolute Gasteiger partial charge is 0.102 e. The monoisotopic (exact) mass is 220 g/mol. The van der Waals surface area contributed by atoms with E-state index >= 15 is 0 Å². The lowest BCUT2D eigenvalue weighted by Gasteiger charge is -2.06. The molecule has 0 bridgehead atoms. The maximum absolute atomic E-state index is 9.16. The van der Waals surface area contributed by atoms with Crippen LogP contribution in [0.1, 0.15) is 16.7 Å². The zero-order chi connectivity index (χ0) is 12.3. The third kappa shape index (κ3) is 1.84. The Morgan fingerprint density at radius 3 is 2.59 bits per heavy atom. The first-order chi connectivity index (χ1) is 8.27. The molecule has 0 aliphatic heterocycles. The fraction of sp³-hybridized carbons (Fsp3) is 0.0769. The molecule has 2 heterocycles. The predicted molar refractivity (Wildman–Crippen MR) is 61.6 cm³/mol. The highest BCUT2D eigenvalue weighted by molar-refractivity contribution is 5.68. The predicted octanol–water partition coefficient (Wildman–Crippen LogP) is 2.20. The van der Waals surface area contributed by atoms with Gasteiger partial charge >= 0.3 is 0 Å². The van der Waals surface area contributed by atoms with Crippen LogP contribution in [0.15, 0.2) is 30.7 Å². The third-order valence-corrected chi connectivity index (χ3v) is 2.51. The van der Waals surface area contributed by atoms with Crippen LogP contribution in [0.25, 0.3) is 11.3 Å². The number of aromatic nitrogens is 2. The van der Waals surface area contributed by atoms with Crippen LogP contribution in [0.2, 0.25) is 0 Å². The lowest BCUT2D eigenvalue weighted by Crippen LogP contribution is -1.96. The molecule has 0 aliphatic carbocycles. The molecule has 0 N–H and O–H groups in total. The van der Waals surface area contributed by atoms with E-state index in [4.69, 9.17) is 10.5 Å². The van der Waals surface area contributed by atoms with Crippen molar-refractivity contribution in [1.29, 1.82) is 10.5 Å². The Kier molecular flexibility index (Phi) is 2.81. The fourth-order valence-corrected chi connectivity index (χ4v) is 1.57. The minimum Gasteiger partial charge on any atom is -0.264 e. The van der Waals surface area contributed by atoms with E-state index in [0.29, 0.717) is 22.4 Å². The molecule has 0 radical (unpaired) electrons. The molecule has 0 amide bonds. The van der Waals surface area contributed by atoms with Gasteiger partial charge in [-0.25, -0.2) is 0 Å². The fourth-order valence-electron chi connectivity index (χ4n) is 1.57. The van der Waals surface area contributed by atoms with Gasteiger partial charge in [-0.1, -0.05) is 0 Å². The van der Waals surface area contributed by atoms with Crippen molar-refractivity contribution in [3.63, 3.8) is 0 Å². The van der Waals surface area contributed by atoms with Crippen LogP contribution in [0.4, 0.5) is 0 Å². The summed E-state index contributed by atoms with van der Waals surface area (Å²) >= 11 is 0. The van der Waals surface area contributed by atoms with Gasteiger partial charge in [0.15, 0.2) is 0 Å². The Labute approximate surface area is 98.8 Å². The average molecular weight is 220 g/mol. The number of pyridine rings is 2. The van der Waals surface area contributed by atoms with Gasteiger partial charge in [0.05, 0.1) is 16.8 Å². The average Bonchev–Trinajstić information content (AvgIpc) is 2.39. The zero-order valence-electron chi connectivity index (χ0n) is 9.18. The number of hydrogen-bond acceptors (Lipinski definition) is 4. The van der Waals surface area contributed by atoms with Crippen molar-refractivity contribution in [1.82, 2.24) is 9.97 Å². The first-order valence-electron chi connectivity index (χ1n) is 4.98. The molecular formula is C13H8N4. The van der Waals surface area contributed by atoms with Crippen LogP contribution in [0.5, 0.6) is 0 Å². The van der Waals surface area contributed by atoms with Gasteiger partial charge in [-0.15, -0.1) is 0 Å². The quantitative estimate of drug-likeness (QED) is 0.738. The number of hydrogen-bond donors (Lipinski definition) is 0. The van der Waals surface area contributed by atoms with Gasteiger partial charge in [0.1, 0.15) is 12.1 Å². The van der Waals surface area contributed by atoms with Crippen LogP contribution in [-0.4, -0.2) is 9.97 Å². The van der Waals surface area contributed by atoms with Crippen molar-refractivity contribution in [3.05, 3.63) is 47.4 Å². The molecule has 0 spiro atoms. The summed E-state index contributed by atoms with van der Waals surface area (Å²) in [4.78, 5) is 8.16. The summed E-state index contributed by atoms with van der Waals surface area (Å²) in [5.41, 5.74) is 2.85. The summed E-state index contributed by atoms with van der Waals surface area (Å²) < 4.78 is 0. The molecule has 2 rings (SSSR count). The Morgan fingerprint density at radius 1 is 1.18 bits per heavy atom. The first-order valence-corrected chi connectivity index (χ1v) is 4.98. The van der Waals surface area contributed by atoms with Crippen LogP contribution in [0.3, 0.4) is 0 Å². The number of nitrogens with zero attached hydrogens (tertiary/aromatic N) is 4. The van der Waals surface area contributed by atoms with Crippen molar-refractivity contribution in [3.8, 4) is 23.4 Å². The van der Waals surface area contributed by atoms with E-state index < -0.39 is 0 Å². The SMILES string of the molecule is Cc1c(C#N)cnc(-c2cccnc2)c1C#N. The molecule has 4 nitrogen and oxygen atoms in total. The second kappa shape index (κ2) is 4.42. The molecule has 4 heteroatoms. The highest BCUT2D eigenvalue weighted by atomic mass is 14.7. The van der Waals surface area contributed by atoms with E-state index in [1.165, 1.54) is 6.20 Å². The van der Waals surface area contributed by atoms with Gasteiger partial charge in [0.25, 0.3) is 0 Å². The van der Waals surface area contributed by atoms with E-state index in [2.05, 4.69) is 16.0 Å². The van der Waals surface area contributed by atoms with Gasteiger partial charge in [0.2, 0.25) is 0 Å². The van der Waals surface area contributed by atoms with Crippen molar-refractivity contribution >= 4 is 0 Å². The molecule has 0 aromatic carbocycles. The van der Waals surface area contributed by atoms with Crippen molar-refractivity contribution < 1.29 is 0 Å². The largest absolute Gasteiger partial charge is 0.264 e. The third-order valence-electron chi connectivity index (χ3n) is 2.51. The van der Waals surface area contributed by atoms with Crippen molar-refractivity contribution in [2.45, 2.75) is 6.92 Å². The van der Waals surface area contributed by atoms with Crippen LogP contribution >= 0.6 is 0 Å². The topological polar surface area (TPSA) is 73.4 Å². The summed E-state index contributed by atoms with van der Waals surface area (Å²) in [7, 11) is 0. The normalized spacial score (nSPS) is 9.35. The molecule has 2 aromatic heterocycles. The lowest BCUT2D eigenvalue weighted by atomic mass is 10.0. The minimum absolute atomic E-state index is 0.425. The molecule has 0 unspecified atom stereocenters. The minimum atomic E-state index is 0.425. The van der Waals surface area contributed by atoms with Gasteiger partial charge < -0.3 is 0 Å². The molecule has 17 heavy (non-hydrogen) atoms. The standard InChI is InChI=1S/C13H8N4/c1-9-11(5-14)8-17-13(12(9)6-15)10-3-2-4-16-7-10/h2-4,7-8H,1H3. The van der Waals surface area contributed by atoms with Gasteiger partial charge in [-0.2, -0.15) is 10.5 Å². The number of nitriles is 2. The summed E-state index contributed by atoms with van der Waals surface area (Å²) in [5.74, 6) is 0. The second-order valence-electron chi connectivity index (χ2n) is 3.49. The zero-order valence-corrected chi connectivity index (χ0v) is 9.18. The highest BCUT2D eigenvalue weighted by Gasteiger charge is 2.12. The Balaban J connectivity index is 2.70. The van der Waals surface area contributed by atoms with Crippen molar-refractivity contribution in [2.75, 3.05) is 0 Å². The van der Waals surface area contributed by atoms with E-state index in [1.807, 2.05) is 12.1 Å². The summed E-state index contributed by atoms with van der Waals surface area (Å²) in [6.07, 6.45) is 4.79. The van der Waals surface area contributed by atoms with E-state index in [-0.39, 0.29) is 0 Å². The van der Waals surface area contributed by atoms with Crippen molar-refractivity contribution in [2.24, 2.45) is 0 Å². The molecule has 0 aliphatic rings. The first kappa shape index (κ1) is 10.8. The second-order valence-corrected chi connectivity index (χ2v) is 3.49. The van der Waals surface area contributed by atoms with Gasteiger partial charge in [-0.05, 0) is 24.6 Å². The molecule has 2 aromatic rings. The Hall–Kier alpha value is -2.72. The summed E-state index contributed by atoms with van der Waals surface area (Å²) in [6, 6.07) is 7.73. The summed E-state index contributed by atoms with van der Waals surface area (Å²) in [5, 5.41) is 18.0. The van der Waals surface area contributed by atoms with E-state index in [9.17, 15) is 0 Å². The van der Waals surface area contributed by atoms with Crippen LogP contribution in [-0.2, 0) is 0 Å². The lowest BCUT2D eigenvalue weighted by molar-refractivity contribution is 1.22. The Morgan fingerprint density at radius 2 is 2.00 bits per heavy atom. The number of rotatable bonds is 1. The molecular weight excluding hydrogens is 212 g/mol. The summed E-state index contributed by atoms with van der Waals surface area (Å²) in [6.45, 7) is 1.75. The maximum atomic E-state index is 9.16. The van der Waals surface area contributed by atoms with Gasteiger partial charge in [-0.3, -0.25) is 9.97 Å². The highest BCUT2D eigenvalue weighted by Crippen LogP contribution is 2.24. The van der Waals surface area contributed by atoms with Gasteiger partial charge in [0, 0.05) is 24.2 Å². The molecule has 0 saturated heterocycles. The van der Waals surface area contributed by atoms with Crippen LogP contribution < -0.4 is 0 Å². The molecule has 0 atom stereocenters. The molecule has 80 valence electrons. The van der Waals surface area contributed by atoms with E-state index in [1.54, 1.807) is 25.4 Å². The van der Waals surface area contributed by atoms with E-state index in [0.717, 1.165) is 5.56 Å². The molecule has 0 saturated carbocycles. The maximum Gasteiger partial charge on any atom is 0.102 e. The molecule has 0 fully saturated rings. The Bertz CT molecular complexity index is 633.